The molecule has 1 atom stereocenters. The number of rotatable bonds is 8. The maximum atomic E-state index is 12.7. The number of aryl methyl sites for hydroxylation is 1. The predicted molar refractivity (Wildman–Crippen MR) is 122 cm³/mol. The van der Waals surface area contributed by atoms with E-state index in [0.717, 1.165) is 12.0 Å². The fourth-order valence-electron chi connectivity index (χ4n) is 4.15. The van der Waals surface area contributed by atoms with E-state index in [1.54, 1.807) is 0 Å². The van der Waals surface area contributed by atoms with E-state index in [-0.39, 0.29) is 23.7 Å². The molecule has 172 valence electrons. The highest BCUT2D eigenvalue weighted by Crippen LogP contribution is 2.30. The Morgan fingerprint density at radius 1 is 1.00 bits per heavy atom. The molecule has 0 spiro atoms. The number of ether oxygens (including phenoxy) is 2. The van der Waals surface area contributed by atoms with Crippen molar-refractivity contribution in [2.75, 3.05) is 32.0 Å². The van der Waals surface area contributed by atoms with Gasteiger partial charge in [-0.2, -0.15) is 0 Å². The molecule has 2 heterocycles. The maximum Gasteiger partial charge on any atom is 0.223 e. The molecule has 32 heavy (non-hydrogen) atoms. The second-order valence-corrected chi connectivity index (χ2v) is 10.4. The highest BCUT2D eigenvalue weighted by molar-refractivity contribution is 7.89. The van der Waals surface area contributed by atoms with Crippen molar-refractivity contribution >= 4 is 15.9 Å². The van der Waals surface area contributed by atoms with Crippen LogP contribution in [0.2, 0.25) is 0 Å². The fraction of sp³-hybridized carbons (Fsp3) is 0.458. The Bertz CT molecular complexity index is 1000. The summed E-state index contributed by atoms with van der Waals surface area (Å²) in [4.78, 5) is 12.6. The number of nitrogens with one attached hydrogen (secondary N) is 1. The van der Waals surface area contributed by atoms with E-state index in [9.17, 15) is 13.2 Å². The second-order valence-electron chi connectivity index (χ2n) is 8.32. The molecule has 0 radical (unpaired) electrons. The van der Waals surface area contributed by atoms with Crippen LogP contribution in [-0.2, 0) is 21.2 Å². The molecule has 0 bridgehead atoms. The van der Waals surface area contributed by atoms with Crippen molar-refractivity contribution in [3.8, 4) is 11.5 Å². The lowest BCUT2D eigenvalue weighted by atomic mass is 9.97. The standard InChI is InChI=1S/C24H30N2O5S/c27-24(25-17-21-18-30-22-10-4-5-11-23(22)31-21)20-12-14-26(15-13-20)32(28,29)16-6-9-19-7-2-1-3-8-19/h1-5,7-8,10-11,20-21H,6,9,12-18H2,(H,25,27)/t21-/m1/s1. The molecule has 2 aromatic carbocycles. The Morgan fingerprint density at radius 3 is 2.44 bits per heavy atom. The summed E-state index contributed by atoms with van der Waals surface area (Å²) in [6, 6.07) is 17.4. The van der Waals surface area contributed by atoms with Gasteiger partial charge in [0, 0.05) is 19.0 Å². The van der Waals surface area contributed by atoms with Gasteiger partial charge in [-0.3, -0.25) is 4.79 Å². The van der Waals surface area contributed by atoms with Crippen LogP contribution in [0, 0.1) is 5.92 Å². The molecular weight excluding hydrogens is 428 g/mol. The Morgan fingerprint density at radius 2 is 1.69 bits per heavy atom. The van der Waals surface area contributed by atoms with E-state index in [1.807, 2.05) is 54.6 Å². The van der Waals surface area contributed by atoms with Crippen molar-refractivity contribution in [3.63, 3.8) is 0 Å². The first-order valence-electron chi connectivity index (χ1n) is 11.2. The first-order valence-corrected chi connectivity index (χ1v) is 12.8. The Hall–Kier alpha value is -2.58. The van der Waals surface area contributed by atoms with Crippen molar-refractivity contribution in [1.82, 2.24) is 9.62 Å². The van der Waals surface area contributed by atoms with Gasteiger partial charge in [-0.05, 0) is 43.4 Å². The average molecular weight is 459 g/mol. The lowest BCUT2D eigenvalue weighted by Gasteiger charge is -2.31. The summed E-state index contributed by atoms with van der Waals surface area (Å²) < 4.78 is 38.4. The van der Waals surface area contributed by atoms with E-state index in [0.29, 0.717) is 57.0 Å². The maximum absolute atomic E-state index is 12.7. The van der Waals surface area contributed by atoms with Gasteiger partial charge < -0.3 is 14.8 Å². The van der Waals surface area contributed by atoms with E-state index in [1.165, 1.54) is 4.31 Å². The smallest absolute Gasteiger partial charge is 0.223 e. The lowest BCUT2D eigenvalue weighted by molar-refractivity contribution is -0.126. The van der Waals surface area contributed by atoms with E-state index < -0.39 is 10.0 Å². The summed E-state index contributed by atoms with van der Waals surface area (Å²) >= 11 is 0. The van der Waals surface area contributed by atoms with Gasteiger partial charge in [0.15, 0.2) is 11.5 Å². The van der Waals surface area contributed by atoms with Gasteiger partial charge in [0.25, 0.3) is 0 Å². The number of amides is 1. The Labute approximate surface area is 189 Å². The number of carbonyl (C=O) groups is 1. The molecule has 0 saturated carbocycles. The van der Waals surface area contributed by atoms with Crippen molar-refractivity contribution in [1.29, 1.82) is 0 Å². The van der Waals surface area contributed by atoms with E-state index in [2.05, 4.69) is 5.32 Å². The minimum absolute atomic E-state index is 0.0476. The summed E-state index contributed by atoms with van der Waals surface area (Å²) in [5, 5.41) is 2.95. The molecule has 4 rings (SSSR count). The summed E-state index contributed by atoms with van der Waals surface area (Å²) in [6.07, 6.45) is 2.18. The number of piperidine rings is 1. The third kappa shape index (κ3) is 5.81. The van der Waals surface area contributed by atoms with Crippen LogP contribution in [0.3, 0.4) is 0 Å². The molecule has 1 fully saturated rings. The molecule has 2 aliphatic heterocycles. The van der Waals surface area contributed by atoms with Crippen LogP contribution in [0.15, 0.2) is 54.6 Å². The van der Waals surface area contributed by atoms with Crippen LogP contribution in [-0.4, -0.2) is 56.7 Å². The fourth-order valence-corrected chi connectivity index (χ4v) is 5.69. The van der Waals surface area contributed by atoms with Gasteiger partial charge in [0.2, 0.25) is 15.9 Å². The highest BCUT2D eigenvalue weighted by atomic mass is 32.2. The minimum Gasteiger partial charge on any atom is -0.486 e. The summed E-state index contributed by atoms with van der Waals surface area (Å²) in [6.45, 7) is 1.53. The second kappa shape index (κ2) is 10.4. The van der Waals surface area contributed by atoms with Crippen molar-refractivity contribution in [2.24, 2.45) is 5.92 Å². The topological polar surface area (TPSA) is 84.9 Å². The molecule has 0 aromatic heterocycles. The summed E-state index contributed by atoms with van der Waals surface area (Å²) in [7, 11) is -3.30. The number of fused-ring (bicyclic) bond motifs is 1. The van der Waals surface area contributed by atoms with Crippen LogP contribution in [0.4, 0.5) is 0 Å². The van der Waals surface area contributed by atoms with Gasteiger partial charge in [-0.15, -0.1) is 0 Å². The molecule has 7 nitrogen and oxygen atoms in total. The monoisotopic (exact) mass is 458 g/mol. The van der Waals surface area contributed by atoms with Crippen LogP contribution in [0.1, 0.15) is 24.8 Å². The number of nitrogens with zero attached hydrogens (tertiary/aromatic N) is 1. The van der Waals surface area contributed by atoms with Crippen LogP contribution in [0.25, 0.3) is 0 Å². The molecule has 1 amide bonds. The molecule has 2 aliphatic rings. The third-order valence-corrected chi connectivity index (χ3v) is 7.96. The zero-order valence-corrected chi connectivity index (χ0v) is 18.9. The molecule has 8 heteroatoms. The van der Waals surface area contributed by atoms with E-state index in [4.69, 9.17) is 9.47 Å². The largest absolute Gasteiger partial charge is 0.486 e. The number of hydrogen-bond donors (Lipinski definition) is 1. The molecule has 0 unspecified atom stereocenters. The highest BCUT2D eigenvalue weighted by Gasteiger charge is 2.31. The van der Waals surface area contributed by atoms with Gasteiger partial charge in [0.05, 0.1) is 12.3 Å². The quantitative estimate of drug-likeness (QED) is 0.657. The predicted octanol–water partition coefficient (Wildman–Crippen LogP) is 2.62. The SMILES string of the molecule is O=C(NC[C@@H]1COc2ccccc2O1)C1CCN(S(=O)(=O)CCCc2ccccc2)CC1. The lowest BCUT2D eigenvalue weighted by Crippen LogP contribution is -2.46. The Kier molecular flexibility index (Phi) is 7.32. The molecule has 1 N–H and O–H groups in total. The first kappa shape index (κ1) is 22.6. The number of carbonyl (C=O) groups excluding carboxylic acids is 1. The van der Waals surface area contributed by atoms with Crippen LogP contribution in [0.5, 0.6) is 11.5 Å². The number of para-hydroxylation sites is 2. The summed E-state index contributed by atoms with van der Waals surface area (Å²) in [5.41, 5.74) is 1.15. The van der Waals surface area contributed by atoms with E-state index >= 15 is 0 Å². The minimum atomic E-state index is -3.30. The van der Waals surface area contributed by atoms with Gasteiger partial charge in [-0.25, -0.2) is 12.7 Å². The number of benzene rings is 2. The van der Waals surface area contributed by atoms with Gasteiger partial charge in [0.1, 0.15) is 12.7 Å². The number of hydrogen-bond acceptors (Lipinski definition) is 5. The number of sulfonamides is 1. The van der Waals surface area contributed by atoms with Crippen LogP contribution < -0.4 is 14.8 Å². The third-order valence-electron chi connectivity index (χ3n) is 6.00. The van der Waals surface area contributed by atoms with Gasteiger partial charge >= 0.3 is 0 Å². The Balaban J connectivity index is 1.18. The van der Waals surface area contributed by atoms with Crippen molar-refractivity contribution in [3.05, 3.63) is 60.2 Å². The average Bonchev–Trinajstić information content (AvgIpc) is 2.83. The summed E-state index contributed by atoms with van der Waals surface area (Å²) in [5.74, 6) is 1.31. The molecule has 2 aromatic rings. The first-order chi connectivity index (χ1) is 15.5. The zero-order chi connectivity index (χ0) is 22.4. The molecular formula is C24H30N2O5S. The van der Waals surface area contributed by atoms with Crippen LogP contribution >= 0.6 is 0 Å². The molecule has 1 saturated heterocycles. The zero-order valence-electron chi connectivity index (χ0n) is 18.1. The van der Waals surface area contributed by atoms with Crippen molar-refractivity contribution < 1.29 is 22.7 Å². The van der Waals surface area contributed by atoms with Crippen molar-refractivity contribution in [2.45, 2.75) is 31.8 Å². The van der Waals surface area contributed by atoms with Gasteiger partial charge in [-0.1, -0.05) is 42.5 Å². The normalized spacial score (nSPS) is 19.4. The molecule has 0 aliphatic carbocycles.